The van der Waals surface area contributed by atoms with Gasteiger partial charge in [0.25, 0.3) is 11.8 Å². The molecule has 7 nitrogen and oxygen atoms in total. The molecule has 0 atom stereocenters. The maximum Gasteiger partial charge on any atom is 0.360 e. The fraction of sp³-hybridized carbons (Fsp3) is 0.143. The van der Waals surface area contributed by atoms with Gasteiger partial charge in [-0.15, -0.1) is 0 Å². The van der Waals surface area contributed by atoms with Gasteiger partial charge in [0, 0.05) is 5.56 Å². The van der Waals surface area contributed by atoms with Crippen LogP contribution in [0.1, 0.15) is 37.0 Å². The predicted octanol–water partition coefficient (Wildman–Crippen LogP) is 3.10. The molecule has 0 aliphatic carbocycles. The highest BCUT2D eigenvalue weighted by molar-refractivity contribution is 6.21. The van der Waals surface area contributed by atoms with Crippen LogP contribution in [-0.2, 0) is 4.74 Å². The molecule has 0 saturated heterocycles. The Morgan fingerprint density at radius 1 is 1.00 bits per heavy atom. The second kappa shape index (κ2) is 7.11. The number of amides is 2. The molecule has 28 heavy (non-hydrogen) atoms. The lowest BCUT2D eigenvalue weighted by atomic mass is 10.1. The lowest BCUT2D eigenvalue weighted by Crippen LogP contribution is -2.33. The van der Waals surface area contributed by atoms with Crippen LogP contribution in [0.3, 0.4) is 0 Å². The lowest BCUT2D eigenvalue weighted by Gasteiger charge is -2.13. The van der Waals surface area contributed by atoms with Crippen LogP contribution >= 0.6 is 0 Å². The number of fused-ring (bicyclic) bond motifs is 1. The summed E-state index contributed by atoms with van der Waals surface area (Å²) in [5.41, 5.74) is 1.54. The fourth-order valence-electron chi connectivity index (χ4n) is 3.03. The molecule has 4 rings (SSSR count). The Hall–Kier alpha value is -3.74. The van der Waals surface area contributed by atoms with Gasteiger partial charge in [-0.3, -0.25) is 14.5 Å². The highest BCUT2D eigenvalue weighted by Gasteiger charge is 2.35. The van der Waals surface area contributed by atoms with E-state index in [1.54, 1.807) is 31.2 Å². The molecule has 1 aromatic heterocycles. The molecule has 7 heteroatoms. The Bertz CT molecular complexity index is 1040. The number of oxazole rings is 1. The van der Waals surface area contributed by atoms with Crippen LogP contribution in [-0.4, -0.2) is 40.8 Å². The molecule has 0 fully saturated rings. The van der Waals surface area contributed by atoms with Gasteiger partial charge in [0.05, 0.1) is 17.7 Å². The number of aromatic nitrogens is 1. The molecule has 3 aromatic rings. The van der Waals surface area contributed by atoms with Crippen molar-refractivity contribution in [1.82, 2.24) is 9.88 Å². The second-order valence-corrected chi connectivity index (χ2v) is 6.23. The van der Waals surface area contributed by atoms with Gasteiger partial charge < -0.3 is 9.15 Å². The maximum atomic E-state index is 12.3. The zero-order valence-electron chi connectivity index (χ0n) is 15.0. The van der Waals surface area contributed by atoms with Crippen LogP contribution in [0.25, 0.3) is 11.5 Å². The van der Waals surface area contributed by atoms with E-state index in [1.807, 2.05) is 30.3 Å². The number of carbonyl (C=O) groups excluding carboxylic acids is 3. The molecule has 0 N–H and O–H groups in total. The summed E-state index contributed by atoms with van der Waals surface area (Å²) in [5.74, 6) is -0.781. The number of rotatable bonds is 5. The fourth-order valence-corrected chi connectivity index (χ4v) is 3.03. The molecule has 1 aliphatic rings. The Morgan fingerprint density at radius 2 is 1.61 bits per heavy atom. The van der Waals surface area contributed by atoms with Gasteiger partial charge in [-0.05, 0) is 31.2 Å². The van der Waals surface area contributed by atoms with Crippen LogP contribution in [0.2, 0.25) is 0 Å². The average Bonchev–Trinajstić information content (AvgIpc) is 3.22. The predicted molar refractivity (Wildman–Crippen MR) is 98.8 cm³/mol. The molecule has 2 aromatic carbocycles. The van der Waals surface area contributed by atoms with Crippen LogP contribution < -0.4 is 0 Å². The number of carbonyl (C=O) groups is 3. The number of esters is 1. The van der Waals surface area contributed by atoms with E-state index in [1.165, 1.54) is 0 Å². The zero-order chi connectivity index (χ0) is 19.7. The minimum atomic E-state index is -0.667. The van der Waals surface area contributed by atoms with Gasteiger partial charge in [-0.2, -0.15) is 0 Å². The molecule has 0 spiro atoms. The van der Waals surface area contributed by atoms with E-state index in [2.05, 4.69) is 4.98 Å². The van der Waals surface area contributed by atoms with Crippen LogP contribution in [0.5, 0.6) is 0 Å². The first-order chi connectivity index (χ1) is 13.6. The largest absolute Gasteiger partial charge is 0.459 e. The zero-order valence-corrected chi connectivity index (χ0v) is 15.0. The van der Waals surface area contributed by atoms with E-state index in [9.17, 15) is 14.4 Å². The van der Waals surface area contributed by atoms with Crippen molar-refractivity contribution in [3.05, 3.63) is 77.2 Å². The van der Waals surface area contributed by atoms with E-state index in [0.29, 0.717) is 22.8 Å². The molecule has 1 aliphatic heterocycles. The summed E-state index contributed by atoms with van der Waals surface area (Å²) >= 11 is 0. The van der Waals surface area contributed by atoms with Crippen LogP contribution in [0.15, 0.2) is 59.0 Å². The average molecular weight is 376 g/mol. The van der Waals surface area contributed by atoms with E-state index in [4.69, 9.17) is 9.15 Å². The number of hydrogen-bond acceptors (Lipinski definition) is 6. The van der Waals surface area contributed by atoms with E-state index < -0.39 is 5.97 Å². The smallest absolute Gasteiger partial charge is 0.360 e. The molecular weight excluding hydrogens is 360 g/mol. The van der Waals surface area contributed by atoms with Crippen molar-refractivity contribution in [2.24, 2.45) is 0 Å². The Balaban J connectivity index is 1.40. The quantitative estimate of drug-likeness (QED) is 0.502. The first-order valence-corrected chi connectivity index (χ1v) is 8.71. The summed E-state index contributed by atoms with van der Waals surface area (Å²) in [6.45, 7) is 1.47. The van der Waals surface area contributed by atoms with Gasteiger partial charge in [0.1, 0.15) is 12.4 Å². The first-order valence-electron chi connectivity index (χ1n) is 8.71. The molecular formula is C21H16N2O5. The second-order valence-electron chi connectivity index (χ2n) is 6.23. The number of aryl methyl sites for hydroxylation is 1. The molecule has 2 heterocycles. The van der Waals surface area contributed by atoms with Crippen molar-refractivity contribution in [2.45, 2.75) is 6.92 Å². The molecule has 0 bridgehead atoms. The van der Waals surface area contributed by atoms with Crippen LogP contribution in [0, 0.1) is 6.92 Å². The van der Waals surface area contributed by atoms with Crippen molar-refractivity contribution in [3.8, 4) is 11.5 Å². The third kappa shape index (κ3) is 3.07. The summed E-state index contributed by atoms with van der Waals surface area (Å²) in [6, 6.07) is 15.8. The Morgan fingerprint density at radius 3 is 2.25 bits per heavy atom. The number of ether oxygens (including phenoxy) is 1. The van der Waals surface area contributed by atoms with Crippen molar-refractivity contribution < 1.29 is 23.5 Å². The van der Waals surface area contributed by atoms with Gasteiger partial charge in [0.2, 0.25) is 5.89 Å². The summed E-state index contributed by atoms with van der Waals surface area (Å²) in [5, 5.41) is 0. The number of imide groups is 1. The lowest BCUT2D eigenvalue weighted by molar-refractivity contribution is 0.0414. The summed E-state index contributed by atoms with van der Waals surface area (Å²) < 4.78 is 10.8. The Kier molecular flexibility index (Phi) is 4.49. The number of benzene rings is 2. The van der Waals surface area contributed by atoms with Crippen molar-refractivity contribution in [2.75, 3.05) is 13.2 Å². The van der Waals surface area contributed by atoms with E-state index >= 15 is 0 Å². The first kappa shape index (κ1) is 17.7. The topological polar surface area (TPSA) is 89.7 Å². The Labute approximate surface area is 160 Å². The van der Waals surface area contributed by atoms with E-state index in [0.717, 1.165) is 10.5 Å². The summed E-state index contributed by atoms with van der Waals surface area (Å²) in [6.07, 6.45) is 0. The summed E-state index contributed by atoms with van der Waals surface area (Å²) in [4.78, 5) is 42.2. The highest BCUT2D eigenvalue weighted by Crippen LogP contribution is 2.23. The van der Waals surface area contributed by atoms with Gasteiger partial charge in [-0.1, -0.05) is 30.3 Å². The third-order valence-electron chi connectivity index (χ3n) is 4.44. The van der Waals surface area contributed by atoms with E-state index in [-0.39, 0.29) is 30.7 Å². The highest BCUT2D eigenvalue weighted by atomic mass is 16.5. The molecule has 0 unspecified atom stereocenters. The minimum Gasteiger partial charge on any atom is -0.459 e. The number of hydrogen-bond donors (Lipinski definition) is 0. The van der Waals surface area contributed by atoms with Crippen molar-refractivity contribution >= 4 is 17.8 Å². The van der Waals surface area contributed by atoms with Gasteiger partial charge in [0.15, 0.2) is 5.69 Å². The van der Waals surface area contributed by atoms with Crippen LogP contribution in [0.4, 0.5) is 0 Å². The maximum absolute atomic E-state index is 12.3. The minimum absolute atomic E-state index is 0.0273. The normalized spacial score (nSPS) is 13.0. The SMILES string of the molecule is Cc1oc(-c2ccccc2)nc1C(=O)OCCN1C(=O)c2ccccc2C1=O. The summed E-state index contributed by atoms with van der Waals surface area (Å²) in [7, 11) is 0. The van der Waals surface area contributed by atoms with Crippen molar-refractivity contribution in [3.63, 3.8) is 0 Å². The monoisotopic (exact) mass is 376 g/mol. The molecule has 2 amide bonds. The van der Waals surface area contributed by atoms with Gasteiger partial charge in [-0.25, -0.2) is 9.78 Å². The van der Waals surface area contributed by atoms with Crippen molar-refractivity contribution in [1.29, 1.82) is 0 Å². The number of nitrogens with zero attached hydrogens (tertiary/aromatic N) is 2. The molecule has 140 valence electrons. The molecule has 0 saturated carbocycles. The standard InChI is InChI=1S/C21H16N2O5/c1-13-17(22-18(28-13)14-7-3-2-4-8-14)21(26)27-12-11-23-19(24)15-9-5-6-10-16(15)20(23)25/h2-10H,11-12H2,1H3. The third-order valence-corrected chi connectivity index (χ3v) is 4.44. The molecule has 0 radical (unpaired) electrons. The van der Waals surface area contributed by atoms with Gasteiger partial charge >= 0.3 is 5.97 Å².